The van der Waals surface area contributed by atoms with Gasteiger partial charge in [0.25, 0.3) is 0 Å². The molecule has 4 N–H and O–H groups in total. The minimum atomic E-state index is -0.167. The predicted molar refractivity (Wildman–Crippen MR) is 103 cm³/mol. The molecule has 0 fully saturated rings. The molecule has 3 heterocycles. The number of rotatable bonds is 2. The summed E-state index contributed by atoms with van der Waals surface area (Å²) >= 11 is 0. The smallest absolute Gasteiger partial charge is 0.238 e. The van der Waals surface area contributed by atoms with Crippen molar-refractivity contribution in [2.45, 2.75) is 6.04 Å². The second-order valence-corrected chi connectivity index (χ2v) is 6.44. The van der Waals surface area contributed by atoms with Gasteiger partial charge in [0.2, 0.25) is 5.95 Å². The zero-order chi connectivity index (χ0) is 18.5. The van der Waals surface area contributed by atoms with Crippen LogP contribution in [0.5, 0.6) is 11.5 Å². The number of nitrogen functional groups attached to an aromatic ring is 1. The molecule has 1 atom stereocenters. The Balaban J connectivity index is 1.81. The number of para-hydroxylation sites is 1. The summed E-state index contributed by atoms with van der Waals surface area (Å²) in [6.45, 7) is 0. The van der Waals surface area contributed by atoms with Crippen LogP contribution in [-0.2, 0) is 0 Å². The van der Waals surface area contributed by atoms with E-state index >= 15 is 0 Å². The highest BCUT2D eigenvalue weighted by Crippen LogP contribution is 2.42. The molecule has 2 aromatic carbocycles. The van der Waals surface area contributed by atoms with E-state index in [1.54, 1.807) is 10.6 Å². The third-order valence-electron chi connectivity index (χ3n) is 4.89. The minimum absolute atomic E-state index is 0.105. The Kier molecular flexibility index (Phi) is 3.24. The van der Waals surface area contributed by atoms with Gasteiger partial charge in [-0.2, -0.15) is 0 Å². The van der Waals surface area contributed by atoms with Crippen molar-refractivity contribution in [2.75, 3.05) is 18.2 Å². The molecule has 0 bridgehead atoms. The average Bonchev–Trinajstić information content (AvgIpc) is 3.03. The number of methoxy groups -OCH3 is 1. The largest absolute Gasteiger partial charge is 0.504 e. The maximum atomic E-state index is 9.96. The van der Waals surface area contributed by atoms with E-state index in [0.717, 1.165) is 33.6 Å². The number of benzene rings is 2. The first-order valence-electron chi connectivity index (χ1n) is 8.53. The Bertz CT molecular complexity index is 1180. The van der Waals surface area contributed by atoms with E-state index in [4.69, 9.17) is 10.5 Å². The molecule has 27 heavy (non-hydrogen) atoms. The van der Waals surface area contributed by atoms with Crippen molar-refractivity contribution in [1.82, 2.24) is 14.6 Å². The number of fused-ring (bicyclic) bond motifs is 2. The summed E-state index contributed by atoms with van der Waals surface area (Å²) in [7, 11) is 1.54. The van der Waals surface area contributed by atoms with Crippen molar-refractivity contribution in [2.24, 2.45) is 0 Å². The molecule has 1 unspecified atom stereocenters. The molecule has 7 heteroatoms. The van der Waals surface area contributed by atoms with Gasteiger partial charge in [-0.05, 0) is 29.8 Å². The Morgan fingerprint density at radius 1 is 1.19 bits per heavy atom. The van der Waals surface area contributed by atoms with Gasteiger partial charge in [0, 0.05) is 23.0 Å². The molecule has 0 aliphatic carbocycles. The van der Waals surface area contributed by atoms with Gasteiger partial charge in [-0.25, -0.2) is 9.50 Å². The number of nitrogens with one attached hydrogen (secondary N) is 1. The second kappa shape index (κ2) is 5.63. The molecule has 0 saturated heterocycles. The number of aromatic hydroxyl groups is 1. The van der Waals surface area contributed by atoms with Gasteiger partial charge in [-0.1, -0.05) is 24.3 Å². The van der Waals surface area contributed by atoms with E-state index in [0.29, 0.717) is 5.75 Å². The molecule has 0 saturated carbocycles. The van der Waals surface area contributed by atoms with Crippen LogP contribution in [-0.4, -0.2) is 26.8 Å². The van der Waals surface area contributed by atoms with Gasteiger partial charge in [-0.15, -0.1) is 5.10 Å². The summed E-state index contributed by atoms with van der Waals surface area (Å²) in [6.07, 6.45) is 1.88. The number of phenolic OH excluding ortho intramolecular Hbond substituents is 1. The first-order chi connectivity index (χ1) is 13.2. The molecule has 1 aliphatic rings. The molecule has 0 radical (unpaired) electrons. The maximum absolute atomic E-state index is 9.96. The molecule has 0 amide bonds. The van der Waals surface area contributed by atoms with E-state index in [9.17, 15) is 5.11 Å². The number of phenols is 1. The van der Waals surface area contributed by atoms with E-state index in [2.05, 4.69) is 15.4 Å². The lowest BCUT2D eigenvalue weighted by molar-refractivity contribution is 0.373. The SMILES string of the molecule is COc1cc(C2Nc3ccccc3-c3nc(N)nn4ccc2c34)ccc1O. The van der Waals surface area contributed by atoms with Crippen LogP contribution in [0.3, 0.4) is 0 Å². The summed E-state index contributed by atoms with van der Waals surface area (Å²) < 4.78 is 7.06. The van der Waals surface area contributed by atoms with Gasteiger partial charge in [0.05, 0.1) is 18.7 Å². The van der Waals surface area contributed by atoms with Crippen molar-refractivity contribution in [1.29, 1.82) is 0 Å². The monoisotopic (exact) mass is 359 g/mol. The van der Waals surface area contributed by atoms with Crippen LogP contribution in [0, 0.1) is 0 Å². The number of hydrogen-bond acceptors (Lipinski definition) is 6. The van der Waals surface area contributed by atoms with Gasteiger partial charge >= 0.3 is 0 Å². The number of ether oxygens (including phenoxy) is 1. The number of hydrogen-bond donors (Lipinski definition) is 3. The first kappa shape index (κ1) is 15.5. The number of anilines is 2. The van der Waals surface area contributed by atoms with Crippen molar-refractivity contribution in [3.63, 3.8) is 0 Å². The normalized spacial score (nSPS) is 15.1. The van der Waals surface area contributed by atoms with Gasteiger partial charge in [0.15, 0.2) is 11.5 Å². The van der Waals surface area contributed by atoms with E-state index in [1.165, 1.54) is 7.11 Å². The quantitative estimate of drug-likeness (QED) is 0.508. The van der Waals surface area contributed by atoms with Crippen LogP contribution >= 0.6 is 0 Å². The molecule has 0 spiro atoms. The lowest BCUT2D eigenvalue weighted by Gasteiger charge is -2.20. The maximum Gasteiger partial charge on any atom is 0.238 e. The molecular weight excluding hydrogens is 342 g/mol. The van der Waals surface area contributed by atoms with Crippen molar-refractivity contribution in [3.05, 3.63) is 65.9 Å². The molecule has 5 rings (SSSR count). The summed E-state index contributed by atoms with van der Waals surface area (Å²) in [5.74, 6) is 0.754. The highest BCUT2D eigenvalue weighted by molar-refractivity contribution is 5.90. The van der Waals surface area contributed by atoms with Crippen molar-refractivity contribution in [3.8, 4) is 22.8 Å². The highest BCUT2D eigenvalue weighted by atomic mass is 16.5. The van der Waals surface area contributed by atoms with Crippen molar-refractivity contribution >= 4 is 17.2 Å². The summed E-state index contributed by atoms with van der Waals surface area (Å²) in [4.78, 5) is 4.52. The van der Waals surface area contributed by atoms with Crippen LogP contribution in [0.25, 0.3) is 16.8 Å². The third-order valence-corrected chi connectivity index (χ3v) is 4.89. The van der Waals surface area contributed by atoms with E-state index in [-0.39, 0.29) is 17.7 Å². The lowest BCUT2D eigenvalue weighted by atomic mass is 9.99. The Morgan fingerprint density at radius 3 is 2.89 bits per heavy atom. The second-order valence-electron chi connectivity index (χ2n) is 6.44. The Hall–Kier alpha value is -3.74. The summed E-state index contributed by atoms with van der Waals surface area (Å²) in [5.41, 5.74) is 11.5. The van der Waals surface area contributed by atoms with E-state index < -0.39 is 0 Å². The van der Waals surface area contributed by atoms with E-state index in [1.807, 2.05) is 48.7 Å². The number of nitrogens with two attached hydrogens (primary N) is 1. The molecule has 4 aromatic rings. The molecule has 1 aliphatic heterocycles. The molecule has 7 nitrogen and oxygen atoms in total. The van der Waals surface area contributed by atoms with Crippen LogP contribution in [0.2, 0.25) is 0 Å². The highest BCUT2D eigenvalue weighted by Gasteiger charge is 2.27. The summed E-state index contributed by atoms with van der Waals surface area (Å²) in [5, 5.41) is 17.9. The minimum Gasteiger partial charge on any atom is -0.504 e. The lowest BCUT2D eigenvalue weighted by Crippen LogP contribution is -2.11. The van der Waals surface area contributed by atoms with Crippen LogP contribution in [0.4, 0.5) is 11.6 Å². The topological polar surface area (TPSA) is 97.7 Å². The molecule has 134 valence electrons. The average molecular weight is 359 g/mol. The predicted octanol–water partition coefficient (Wildman–Crippen LogP) is 3.21. The third kappa shape index (κ3) is 2.28. The van der Waals surface area contributed by atoms with Gasteiger partial charge in [-0.3, -0.25) is 0 Å². The van der Waals surface area contributed by atoms with Crippen LogP contribution in [0.1, 0.15) is 17.2 Å². The zero-order valence-corrected chi connectivity index (χ0v) is 14.5. The molecule has 2 aromatic heterocycles. The first-order valence-corrected chi connectivity index (χ1v) is 8.53. The standard InChI is InChI=1S/C20H17N5O2/c1-27-16-10-11(6-7-15(16)26)17-13-8-9-25-19(13)18(23-20(21)24-25)12-4-2-3-5-14(12)22-17/h2-10,17,22,26H,1H3,(H2,21,24). The fraction of sp³-hybridized carbons (Fsp3) is 0.100. The molecular formula is C20H17N5O2. The van der Waals surface area contributed by atoms with Crippen LogP contribution < -0.4 is 15.8 Å². The van der Waals surface area contributed by atoms with Gasteiger partial charge < -0.3 is 20.9 Å². The summed E-state index contributed by atoms with van der Waals surface area (Å²) in [6, 6.07) is 15.2. The van der Waals surface area contributed by atoms with Crippen molar-refractivity contribution < 1.29 is 9.84 Å². The van der Waals surface area contributed by atoms with Crippen LogP contribution in [0.15, 0.2) is 54.7 Å². The number of nitrogens with zero attached hydrogens (tertiary/aromatic N) is 3. The van der Waals surface area contributed by atoms with Gasteiger partial charge in [0.1, 0.15) is 5.69 Å². The zero-order valence-electron chi connectivity index (χ0n) is 14.5. The Labute approximate surface area is 155 Å². The number of aromatic nitrogens is 3. The Morgan fingerprint density at radius 2 is 2.04 bits per heavy atom. The fourth-order valence-electron chi connectivity index (χ4n) is 3.67. The fourth-order valence-corrected chi connectivity index (χ4v) is 3.67.